The van der Waals surface area contributed by atoms with Crippen LogP contribution in [0, 0.1) is 0 Å². The summed E-state index contributed by atoms with van der Waals surface area (Å²) >= 11 is 4.23. The molecule has 1 aliphatic heterocycles. The molecule has 2 unspecified atom stereocenters. The highest BCUT2D eigenvalue weighted by Crippen LogP contribution is 2.32. The molecule has 100 valence electrons. The third-order valence-electron chi connectivity index (χ3n) is 2.67. The van der Waals surface area contributed by atoms with Crippen molar-refractivity contribution in [1.29, 1.82) is 0 Å². The average Bonchev–Trinajstić information content (AvgIpc) is 2.84. The van der Waals surface area contributed by atoms with Crippen molar-refractivity contribution in [3.8, 4) is 0 Å². The van der Waals surface area contributed by atoms with E-state index < -0.39 is 28.1 Å². The van der Waals surface area contributed by atoms with Crippen molar-refractivity contribution in [2.24, 2.45) is 5.73 Å². The van der Waals surface area contributed by atoms with Crippen LogP contribution in [0.2, 0.25) is 0 Å². The number of aliphatic hydroxyl groups is 1. The number of primary amides is 1. The summed E-state index contributed by atoms with van der Waals surface area (Å²) in [7, 11) is -3.78. The maximum Gasteiger partial charge on any atom is 0.253 e. The number of carbonyl (C=O) groups excluding carboxylic acids is 1. The van der Waals surface area contributed by atoms with Gasteiger partial charge in [-0.05, 0) is 28.1 Å². The van der Waals surface area contributed by atoms with Gasteiger partial charge in [0.25, 0.3) is 10.0 Å². The Morgan fingerprint density at radius 2 is 2.22 bits per heavy atom. The lowest BCUT2D eigenvalue weighted by atomic mass is 10.2. The Morgan fingerprint density at radius 1 is 1.56 bits per heavy atom. The highest BCUT2D eigenvalue weighted by atomic mass is 79.9. The third kappa shape index (κ3) is 2.45. The van der Waals surface area contributed by atoms with Crippen LogP contribution in [0.4, 0.5) is 0 Å². The zero-order chi connectivity index (χ0) is 13.5. The van der Waals surface area contributed by atoms with Gasteiger partial charge in [-0.15, -0.1) is 11.3 Å². The predicted octanol–water partition coefficient (Wildman–Crippen LogP) is 0.120. The van der Waals surface area contributed by atoms with E-state index in [9.17, 15) is 18.3 Å². The van der Waals surface area contributed by atoms with E-state index in [0.29, 0.717) is 3.79 Å². The molecule has 2 atom stereocenters. The molecule has 1 fully saturated rings. The second-order valence-electron chi connectivity index (χ2n) is 3.94. The number of aliphatic hydroxyl groups excluding tert-OH is 1. The molecule has 0 aliphatic carbocycles. The number of β-amino-alcohol motifs (C(OH)–C–C–N with tert-alkyl or cyclic N) is 1. The van der Waals surface area contributed by atoms with Gasteiger partial charge >= 0.3 is 0 Å². The smallest absolute Gasteiger partial charge is 0.253 e. The second-order valence-corrected chi connectivity index (χ2v) is 8.52. The van der Waals surface area contributed by atoms with E-state index in [1.165, 1.54) is 6.07 Å². The quantitative estimate of drug-likeness (QED) is 0.804. The first-order valence-electron chi connectivity index (χ1n) is 5.07. The number of nitrogens with two attached hydrogens (primary N) is 1. The van der Waals surface area contributed by atoms with E-state index in [4.69, 9.17) is 5.73 Å². The van der Waals surface area contributed by atoms with E-state index in [2.05, 4.69) is 15.9 Å². The normalized spacial score (nSPS) is 25.4. The van der Waals surface area contributed by atoms with Crippen LogP contribution in [0.25, 0.3) is 0 Å². The molecular formula is C9H11BrN2O4S2. The topological polar surface area (TPSA) is 101 Å². The molecular weight excluding hydrogens is 344 g/mol. The van der Waals surface area contributed by atoms with Crippen LogP contribution in [0.3, 0.4) is 0 Å². The summed E-state index contributed by atoms with van der Waals surface area (Å²) < 4.78 is 26.4. The molecule has 6 nitrogen and oxygen atoms in total. The van der Waals surface area contributed by atoms with Gasteiger partial charge in [0.15, 0.2) is 0 Å². The Balaban J connectivity index is 2.38. The van der Waals surface area contributed by atoms with Gasteiger partial charge in [0.05, 0.1) is 9.89 Å². The summed E-state index contributed by atoms with van der Waals surface area (Å²) in [6.45, 7) is -0.106. The molecule has 2 heterocycles. The minimum atomic E-state index is -3.78. The van der Waals surface area contributed by atoms with Gasteiger partial charge in [-0.1, -0.05) is 0 Å². The minimum Gasteiger partial charge on any atom is -0.392 e. The summed E-state index contributed by atoms with van der Waals surface area (Å²) in [6, 6.07) is 2.08. The molecule has 0 aromatic carbocycles. The largest absolute Gasteiger partial charge is 0.392 e. The van der Waals surface area contributed by atoms with Gasteiger partial charge < -0.3 is 10.8 Å². The van der Waals surface area contributed by atoms with Crippen molar-refractivity contribution >= 4 is 43.2 Å². The van der Waals surface area contributed by atoms with Crippen LogP contribution < -0.4 is 5.73 Å². The predicted molar refractivity (Wildman–Crippen MR) is 69.5 cm³/mol. The molecule has 1 saturated heterocycles. The van der Waals surface area contributed by atoms with Gasteiger partial charge in [0, 0.05) is 13.0 Å². The number of amides is 1. The lowest BCUT2D eigenvalue weighted by molar-refractivity contribution is -0.121. The third-order valence-corrected chi connectivity index (χ3v) is 6.64. The molecule has 0 radical (unpaired) electrons. The highest BCUT2D eigenvalue weighted by Gasteiger charge is 2.43. The number of halogens is 1. The zero-order valence-electron chi connectivity index (χ0n) is 9.11. The van der Waals surface area contributed by atoms with Crippen molar-refractivity contribution in [2.45, 2.75) is 22.8 Å². The lowest BCUT2D eigenvalue weighted by Gasteiger charge is -2.20. The number of rotatable bonds is 3. The number of sulfonamides is 1. The van der Waals surface area contributed by atoms with E-state index in [0.717, 1.165) is 15.6 Å². The monoisotopic (exact) mass is 354 g/mol. The van der Waals surface area contributed by atoms with E-state index >= 15 is 0 Å². The van der Waals surface area contributed by atoms with Crippen LogP contribution in [-0.4, -0.2) is 42.4 Å². The van der Waals surface area contributed by atoms with Crippen molar-refractivity contribution < 1.29 is 18.3 Å². The van der Waals surface area contributed by atoms with Crippen molar-refractivity contribution in [3.05, 3.63) is 15.9 Å². The number of thiophene rings is 1. The first-order valence-corrected chi connectivity index (χ1v) is 8.12. The van der Waals surface area contributed by atoms with E-state index in [1.807, 2.05) is 0 Å². The summed E-state index contributed by atoms with van der Waals surface area (Å²) in [5.41, 5.74) is 5.17. The molecule has 1 aromatic rings. The molecule has 3 N–H and O–H groups in total. The van der Waals surface area contributed by atoms with Crippen LogP contribution in [0.1, 0.15) is 6.42 Å². The molecule has 9 heteroatoms. The number of hydrogen-bond acceptors (Lipinski definition) is 5. The molecule has 0 saturated carbocycles. The van der Waals surface area contributed by atoms with Gasteiger partial charge in [-0.2, -0.15) is 4.31 Å². The lowest BCUT2D eigenvalue weighted by Crippen LogP contribution is -2.43. The Morgan fingerprint density at radius 3 is 2.72 bits per heavy atom. The highest BCUT2D eigenvalue weighted by molar-refractivity contribution is 9.11. The zero-order valence-corrected chi connectivity index (χ0v) is 12.3. The fraction of sp³-hybridized carbons (Fsp3) is 0.444. The summed E-state index contributed by atoms with van der Waals surface area (Å²) in [6.07, 6.45) is -0.818. The minimum absolute atomic E-state index is 0.0428. The molecule has 2 rings (SSSR count). The molecule has 1 amide bonds. The Hall–Kier alpha value is -0.480. The molecule has 0 bridgehead atoms. The molecule has 0 spiro atoms. The van der Waals surface area contributed by atoms with Gasteiger partial charge in [0.1, 0.15) is 10.3 Å². The van der Waals surface area contributed by atoms with E-state index in [1.54, 1.807) is 6.07 Å². The number of hydrogen-bond donors (Lipinski definition) is 2. The second kappa shape index (κ2) is 4.89. The Bertz CT molecular complexity index is 571. The van der Waals surface area contributed by atoms with Crippen molar-refractivity contribution in [3.63, 3.8) is 0 Å². The van der Waals surface area contributed by atoms with E-state index in [-0.39, 0.29) is 17.2 Å². The fourth-order valence-corrected chi connectivity index (χ4v) is 5.64. The van der Waals surface area contributed by atoms with Crippen LogP contribution in [0.15, 0.2) is 20.1 Å². The molecule has 18 heavy (non-hydrogen) atoms. The van der Waals surface area contributed by atoms with Crippen molar-refractivity contribution in [2.75, 3.05) is 6.54 Å². The maximum atomic E-state index is 12.3. The van der Waals surface area contributed by atoms with Crippen molar-refractivity contribution in [1.82, 2.24) is 4.31 Å². The van der Waals surface area contributed by atoms with Gasteiger partial charge in [-0.25, -0.2) is 8.42 Å². The Kier molecular flexibility index (Phi) is 3.79. The molecule has 1 aromatic heterocycles. The standard InChI is InChI=1S/C9H11BrN2O4S2/c10-7-1-2-8(17-7)18(15,16)12-4-5(13)3-6(12)9(11)14/h1-2,5-6,13H,3-4H2,(H2,11,14). The summed E-state index contributed by atoms with van der Waals surface area (Å²) in [4.78, 5) is 11.2. The maximum absolute atomic E-state index is 12.3. The average molecular weight is 355 g/mol. The fourth-order valence-electron chi connectivity index (χ4n) is 1.86. The SMILES string of the molecule is NC(=O)C1CC(O)CN1S(=O)(=O)c1ccc(Br)s1. The summed E-state index contributed by atoms with van der Waals surface area (Å²) in [5.74, 6) is -0.745. The van der Waals surface area contributed by atoms with Gasteiger partial charge in [0.2, 0.25) is 5.91 Å². The van der Waals surface area contributed by atoms with Crippen LogP contribution >= 0.6 is 27.3 Å². The van der Waals surface area contributed by atoms with Gasteiger partial charge in [-0.3, -0.25) is 4.79 Å². The first-order chi connectivity index (χ1) is 8.32. The summed E-state index contributed by atoms with van der Waals surface area (Å²) in [5, 5.41) is 9.51. The Labute approximate surface area is 117 Å². The number of carbonyl (C=O) groups is 1. The molecule has 1 aliphatic rings. The number of nitrogens with zero attached hydrogens (tertiary/aromatic N) is 1. The van der Waals surface area contributed by atoms with Crippen LogP contribution in [0.5, 0.6) is 0 Å². The van der Waals surface area contributed by atoms with Crippen LogP contribution in [-0.2, 0) is 14.8 Å². The first kappa shape index (κ1) is 13.9.